The van der Waals surface area contributed by atoms with Gasteiger partial charge in [0, 0.05) is 21.5 Å². The van der Waals surface area contributed by atoms with Gasteiger partial charge in [-0.2, -0.15) is 5.10 Å². The van der Waals surface area contributed by atoms with Gasteiger partial charge >= 0.3 is 0 Å². The Morgan fingerprint density at radius 3 is 2.76 bits per heavy atom. The number of nitrogens with one attached hydrogen (secondary N) is 1. The number of methoxy groups -OCH3 is 2. The molecule has 0 spiro atoms. The zero-order valence-corrected chi connectivity index (χ0v) is 18.1. The summed E-state index contributed by atoms with van der Waals surface area (Å²) in [4.78, 5) is 16.6. The fourth-order valence-electron chi connectivity index (χ4n) is 2.35. The van der Waals surface area contributed by atoms with Crippen LogP contribution in [0.1, 0.15) is 5.56 Å². The summed E-state index contributed by atoms with van der Waals surface area (Å²) in [5, 5.41) is 6.63. The first-order valence-electron chi connectivity index (χ1n) is 8.47. The minimum absolute atomic E-state index is 0.208. The Hall–Kier alpha value is -2.55. The first-order chi connectivity index (χ1) is 14.1. The first kappa shape index (κ1) is 21.2. The molecular weight excluding hydrogens is 430 g/mol. The Kier molecular flexibility index (Phi) is 7.51. The Bertz CT molecular complexity index is 1010. The normalized spacial score (nSPS) is 10.9. The summed E-state index contributed by atoms with van der Waals surface area (Å²) in [5.41, 5.74) is 5.06. The van der Waals surface area contributed by atoms with E-state index in [1.807, 2.05) is 29.6 Å². The Labute approximate surface area is 181 Å². The van der Waals surface area contributed by atoms with E-state index in [1.165, 1.54) is 29.3 Å². The molecule has 0 aliphatic heterocycles. The van der Waals surface area contributed by atoms with Crippen molar-refractivity contribution in [3.05, 3.63) is 58.4 Å². The van der Waals surface area contributed by atoms with Crippen LogP contribution in [0.15, 0.2) is 57.3 Å². The molecule has 3 aromatic rings. The molecule has 1 heterocycles. The largest absolute Gasteiger partial charge is 0.497 e. The quantitative estimate of drug-likeness (QED) is 0.307. The van der Waals surface area contributed by atoms with Gasteiger partial charge in [-0.05, 0) is 30.3 Å². The molecule has 150 valence electrons. The van der Waals surface area contributed by atoms with Gasteiger partial charge in [-0.15, -0.1) is 11.3 Å². The topological polar surface area (TPSA) is 72.8 Å². The molecular formula is C20H18ClN3O3S2. The summed E-state index contributed by atoms with van der Waals surface area (Å²) in [5.74, 6) is 1.29. The minimum Gasteiger partial charge on any atom is -0.497 e. The van der Waals surface area contributed by atoms with Crippen molar-refractivity contribution >= 4 is 46.8 Å². The number of hydrazone groups is 1. The van der Waals surface area contributed by atoms with Crippen LogP contribution >= 0.6 is 34.7 Å². The van der Waals surface area contributed by atoms with E-state index in [1.54, 1.807) is 32.4 Å². The standard InChI is InChI=1S/C20H18ClN3O3S2/c1-26-16-7-8-18(27-2)14(9-16)10-22-24-19(25)12-29-20-23-17(11-28-20)13-3-5-15(21)6-4-13/h3-11H,12H2,1-2H3,(H,24,25)/b22-10+. The molecule has 1 amide bonds. The lowest BCUT2D eigenvalue weighted by Crippen LogP contribution is -2.19. The molecule has 3 rings (SSSR count). The Morgan fingerprint density at radius 2 is 2.03 bits per heavy atom. The number of thioether (sulfide) groups is 1. The van der Waals surface area contributed by atoms with E-state index in [0.717, 1.165) is 15.6 Å². The van der Waals surface area contributed by atoms with Crippen molar-refractivity contribution in [3.8, 4) is 22.8 Å². The summed E-state index contributed by atoms with van der Waals surface area (Å²) < 4.78 is 11.3. The molecule has 9 heteroatoms. The van der Waals surface area contributed by atoms with Gasteiger partial charge in [-0.3, -0.25) is 4.79 Å². The second-order valence-electron chi connectivity index (χ2n) is 5.70. The zero-order valence-electron chi connectivity index (χ0n) is 15.7. The van der Waals surface area contributed by atoms with Crippen molar-refractivity contribution < 1.29 is 14.3 Å². The highest BCUT2D eigenvalue weighted by Crippen LogP contribution is 2.28. The number of thiazole rings is 1. The monoisotopic (exact) mass is 447 g/mol. The van der Waals surface area contributed by atoms with E-state index >= 15 is 0 Å². The summed E-state index contributed by atoms with van der Waals surface area (Å²) in [7, 11) is 3.15. The smallest absolute Gasteiger partial charge is 0.250 e. The van der Waals surface area contributed by atoms with Crippen LogP contribution in [0.2, 0.25) is 5.02 Å². The molecule has 0 radical (unpaired) electrons. The number of halogens is 1. The fourth-order valence-corrected chi connectivity index (χ4v) is 4.10. The van der Waals surface area contributed by atoms with Crippen LogP contribution in [0.4, 0.5) is 0 Å². The van der Waals surface area contributed by atoms with Crippen LogP contribution in [0.25, 0.3) is 11.3 Å². The average Bonchev–Trinajstić information content (AvgIpc) is 3.21. The molecule has 2 aromatic carbocycles. The number of amides is 1. The maximum absolute atomic E-state index is 12.1. The van der Waals surface area contributed by atoms with Crippen LogP contribution in [-0.4, -0.2) is 37.1 Å². The van der Waals surface area contributed by atoms with Crippen LogP contribution in [0.5, 0.6) is 11.5 Å². The summed E-state index contributed by atoms with van der Waals surface area (Å²) in [6, 6.07) is 12.8. The van der Waals surface area contributed by atoms with Crippen molar-refractivity contribution in [1.29, 1.82) is 0 Å². The minimum atomic E-state index is -0.226. The van der Waals surface area contributed by atoms with E-state index in [-0.39, 0.29) is 11.7 Å². The third-order valence-electron chi connectivity index (χ3n) is 3.78. The molecule has 0 bridgehead atoms. The number of ether oxygens (including phenoxy) is 2. The van der Waals surface area contributed by atoms with Gasteiger partial charge in [0.1, 0.15) is 11.5 Å². The van der Waals surface area contributed by atoms with Crippen LogP contribution in [0, 0.1) is 0 Å². The second kappa shape index (κ2) is 10.3. The third kappa shape index (κ3) is 5.96. The number of carbonyl (C=O) groups is 1. The number of benzene rings is 2. The van der Waals surface area contributed by atoms with Gasteiger partial charge in [-0.25, -0.2) is 10.4 Å². The second-order valence-corrected chi connectivity index (χ2v) is 8.21. The molecule has 0 aliphatic carbocycles. The zero-order chi connectivity index (χ0) is 20.6. The van der Waals surface area contributed by atoms with E-state index < -0.39 is 0 Å². The summed E-state index contributed by atoms with van der Waals surface area (Å²) >= 11 is 8.76. The lowest BCUT2D eigenvalue weighted by atomic mass is 10.2. The third-order valence-corrected chi connectivity index (χ3v) is 6.05. The SMILES string of the molecule is COc1ccc(OC)c(/C=N/NC(=O)CSc2nc(-c3ccc(Cl)cc3)cs2)c1. The molecule has 6 nitrogen and oxygen atoms in total. The number of hydrogen-bond donors (Lipinski definition) is 1. The van der Waals surface area contributed by atoms with Gasteiger partial charge in [-0.1, -0.05) is 35.5 Å². The van der Waals surface area contributed by atoms with E-state index in [9.17, 15) is 4.79 Å². The maximum Gasteiger partial charge on any atom is 0.250 e. The molecule has 1 N–H and O–H groups in total. The Morgan fingerprint density at radius 1 is 1.24 bits per heavy atom. The molecule has 0 atom stereocenters. The molecule has 0 saturated carbocycles. The summed E-state index contributed by atoms with van der Waals surface area (Å²) in [6.45, 7) is 0. The predicted molar refractivity (Wildman–Crippen MR) is 119 cm³/mol. The predicted octanol–water partition coefficient (Wildman–Crippen LogP) is 4.72. The number of nitrogens with zero attached hydrogens (tertiary/aromatic N) is 2. The van der Waals surface area contributed by atoms with Gasteiger partial charge in [0.05, 0.1) is 31.9 Å². The van der Waals surface area contributed by atoms with Crippen LogP contribution in [0.3, 0.4) is 0 Å². The van der Waals surface area contributed by atoms with Gasteiger partial charge < -0.3 is 9.47 Å². The van der Waals surface area contributed by atoms with Crippen LogP contribution < -0.4 is 14.9 Å². The van der Waals surface area contributed by atoms with Crippen molar-refractivity contribution in [1.82, 2.24) is 10.4 Å². The number of carbonyl (C=O) groups excluding carboxylic acids is 1. The van der Waals surface area contributed by atoms with Gasteiger partial charge in [0.25, 0.3) is 5.91 Å². The molecule has 0 saturated heterocycles. The Balaban J connectivity index is 1.53. The summed E-state index contributed by atoms with van der Waals surface area (Å²) in [6.07, 6.45) is 1.52. The molecule has 1 aromatic heterocycles. The van der Waals surface area contributed by atoms with Crippen molar-refractivity contribution in [3.63, 3.8) is 0 Å². The van der Waals surface area contributed by atoms with Crippen molar-refractivity contribution in [2.45, 2.75) is 4.34 Å². The lowest BCUT2D eigenvalue weighted by molar-refractivity contribution is -0.118. The van der Waals surface area contributed by atoms with Crippen molar-refractivity contribution in [2.24, 2.45) is 5.10 Å². The average molecular weight is 448 g/mol. The van der Waals surface area contributed by atoms with Gasteiger partial charge in [0.15, 0.2) is 4.34 Å². The molecule has 0 fully saturated rings. The van der Waals surface area contributed by atoms with E-state index in [0.29, 0.717) is 22.1 Å². The first-order valence-corrected chi connectivity index (χ1v) is 10.7. The highest BCUT2D eigenvalue weighted by atomic mass is 35.5. The van der Waals surface area contributed by atoms with Gasteiger partial charge in [0.2, 0.25) is 0 Å². The number of hydrogen-bond acceptors (Lipinski definition) is 7. The van der Waals surface area contributed by atoms with Crippen LogP contribution in [-0.2, 0) is 4.79 Å². The highest BCUT2D eigenvalue weighted by molar-refractivity contribution is 8.01. The fraction of sp³-hybridized carbons (Fsp3) is 0.150. The number of aromatic nitrogens is 1. The molecule has 0 aliphatic rings. The number of rotatable bonds is 8. The van der Waals surface area contributed by atoms with E-state index in [2.05, 4.69) is 15.5 Å². The van der Waals surface area contributed by atoms with Crippen molar-refractivity contribution in [2.75, 3.05) is 20.0 Å². The molecule has 29 heavy (non-hydrogen) atoms. The lowest BCUT2D eigenvalue weighted by Gasteiger charge is -2.06. The molecule has 0 unspecified atom stereocenters. The highest BCUT2D eigenvalue weighted by Gasteiger charge is 2.08. The van der Waals surface area contributed by atoms with E-state index in [4.69, 9.17) is 21.1 Å². The maximum atomic E-state index is 12.1.